The monoisotopic (exact) mass is 392 g/mol. The van der Waals surface area contributed by atoms with Crippen LogP contribution in [0.3, 0.4) is 0 Å². The van der Waals surface area contributed by atoms with Crippen LogP contribution in [0.5, 0.6) is 0 Å². The first-order valence-electron chi connectivity index (χ1n) is 9.99. The lowest BCUT2D eigenvalue weighted by atomic mass is 9.92. The molecule has 0 saturated carbocycles. The van der Waals surface area contributed by atoms with Crippen LogP contribution in [0.25, 0.3) is 0 Å². The molecule has 1 aliphatic rings. The van der Waals surface area contributed by atoms with Gasteiger partial charge in [-0.3, -0.25) is 9.59 Å². The molecule has 5 heteroatoms. The lowest BCUT2D eigenvalue weighted by Gasteiger charge is -2.22. The van der Waals surface area contributed by atoms with Crippen LogP contribution in [0.15, 0.2) is 29.7 Å². The number of halogens is 1. The molecule has 0 saturated heterocycles. The van der Waals surface area contributed by atoms with Gasteiger partial charge in [0.15, 0.2) is 0 Å². The molecular weight excluding hydrogens is 364 g/mol. The highest BCUT2D eigenvalue weighted by Gasteiger charge is 2.36. The van der Waals surface area contributed by atoms with Crippen LogP contribution < -0.4 is 0 Å². The normalized spacial score (nSPS) is 13.7. The van der Waals surface area contributed by atoms with E-state index in [9.17, 15) is 9.59 Å². The Kier molecular flexibility index (Phi) is 8.86. The van der Waals surface area contributed by atoms with Gasteiger partial charge in [-0.1, -0.05) is 76.1 Å². The summed E-state index contributed by atoms with van der Waals surface area (Å²) in [7, 11) is 0. The van der Waals surface area contributed by atoms with Gasteiger partial charge >= 0.3 is 0 Å². The average molecular weight is 393 g/mol. The molecule has 1 aromatic rings. The Balaban J connectivity index is 2.18. The molecular formula is C22H29ClO4. The molecule has 0 heterocycles. The van der Waals surface area contributed by atoms with Crippen LogP contribution in [0.1, 0.15) is 85.9 Å². The topological polar surface area (TPSA) is 52.6 Å². The van der Waals surface area contributed by atoms with Crippen molar-refractivity contribution in [1.82, 2.24) is 0 Å². The van der Waals surface area contributed by atoms with Crippen molar-refractivity contribution in [3.63, 3.8) is 0 Å². The number of carbonyl (C=O) groups is 2. The zero-order valence-electron chi connectivity index (χ0n) is 16.3. The third-order valence-electron chi connectivity index (χ3n) is 4.59. The number of ether oxygens (including phenoxy) is 2. The molecule has 0 spiro atoms. The van der Waals surface area contributed by atoms with E-state index in [-0.39, 0.29) is 39.2 Å². The number of rotatable bonds is 12. The lowest BCUT2D eigenvalue weighted by Crippen LogP contribution is -2.26. The van der Waals surface area contributed by atoms with Crippen LogP contribution in [0.4, 0.5) is 0 Å². The van der Waals surface area contributed by atoms with Gasteiger partial charge in [0.25, 0.3) is 0 Å². The first-order chi connectivity index (χ1) is 13.1. The second-order valence-corrected chi connectivity index (χ2v) is 7.20. The highest BCUT2D eigenvalue weighted by molar-refractivity contribution is 6.38. The molecule has 0 amide bonds. The van der Waals surface area contributed by atoms with Crippen molar-refractivity contribution in [2.24, 2.45) is 0 Å². The molecule has 0 N–H and O–H groups in total. The second-order valence-electron chi connectivity index (χ2n) is 6.80. The van der Waals surface area contributed by atoms with Crippen LogP contribution in [0, 0.1) is 0 Å². The summed E-state index contributed by atoms with van der Waals surface area (Å²) in [6, 6.07) is 4.89. The molecule has 1 aliphatic carbocycles. The van der Waals surface area contributed by atoms with E-state index in [0.717, 1.165) is 51.4 Å². The maximum Gasteiger partial charge on any atom is 0.233 e. The minimum absolute atomic E-state index is 0.00703. The lowest BCUT2D eigenvalue weighted by molar-refractivity contribution is 0.0744. The third-order valence-corrected chi connectivity index (χ3v) is 4.91. The van der Waals surface area contributed by atoms with Gasteiger partial charge < -0.3 is 9.47 Å². The molecule has 0 bridgehead atoms. The number of unbranched alkanes of at least 4 members (excludes halogenated alkanes) is 6. The zero-order valence-corrected chi connectivity index (χ0v) is 17.1. The fourth-order valence-electron chi connectivity index (χ4n) is 3.05. The van der Waals surface area contributed by atoms with Gasteiger partial charge in [-0.15, -0.1) is 0 Å². The van der Waals surface area contributed by atoms with Gasteiger partial charge in [-0.25, -0.2) is 0 Å². The van der Waals surface area contributed by atoms with Gasteiger partial charge in [0.2, 0.25) is 23.1 Å². The molecule has 148 valence electrons. The van der Waals surface area contributed by atoms with Gasteiger partial charge in [0, 0.05) is 5.56 Å². The van der Waals surface area contributed by atoms with Crippen LogP contribution in [-0.2, 0) is 9.47 Å². The predicted molar refractivity (Wildman–Crippen MR) is 107 cm³/mol. The smallest absolute Gasteiger partial charge is 0.233 e. The summed E-state index contributed by atoms with van der Waals surface area (Å²) >= 11 is 6.19. The van der Waals surface area contributed by atoms with Crippen LogP contribution >= 0.6 is 11.6 Å². The standard InChI is InChI=1S/C22H29ClO4/c1-3-5-7-9-14-26-21-19(24)16-12-11-13-17(23)18(16)20(25)22(21)27-15-10-8-6-4-2/h11-13H,3-10,14-15H2,1-2H3. The quantitative estimate of drug-likeness (QED) is 0.402. The predicted octanol–water partition coefficient (Wildman–Crippen LogP) is 6.12. The van der Waals surface area contributed by atoms with Crippen molar-refractivity contribution >= 4 is 23.2 Å². The molecule has 0 aliphatic heterocycles. The van der Waals surface area contributed by atoms with Gasteiger partial charge in [0.1, 0.15) is 0 Å². The third kappa shape index (κ3) is 5.58. The van der Waals surface area contributed by atoms with Crippen molar-refractivity contribution in [1.29, 1.82) is 0 Å². The van der Waals surface area contributed by atoms with Crippen molar-refractivity contribution < 1.29 is 19.1 Å². The van der Waals surface area contributed by atoms with Crippen molar-refractivity contribution in [2.75, 3.05) is 13.2 Å². The Morgan fingerprint density at radius 2 is 1.33 bits per heavy atom. The minimum atomic E-state index is -0.366. The summed E-state index contributed by atoms with van der Waals surface area (Å²) < 4.78 is 11.5. The van der Waals surface area contributed by atoms with E-state index in [1.165, 1.54) is 0 Å². The molecule has 2 rings (SSSR count). The molecule has 0 aromatic heterocycles. The average Bonchev–Trinajstić information content (AvgIpc) is 2.66. The van der Waals surface area contributed by atoms with Gasteiger partial charge in [-0.05, 0) is 18.9 Å². The second kappa shape index (κ2) is 11.1. The van der Waals surface area contributed by atoms with E-state index in [1.807, 2.05) is 0 Å². The van der Waals surface area contributed by atoms with E-state index in [0.29, 0.717) is 13.2 Å². The Bertz CT molecular complexity index is 694. The van der Waals surface area contributed by atoms with Gasteiger partial charge in [0.05, 0.1) is 23.8 Å². The summed E-state index contributed by atoms with van der Waals surface area (Å²) in [6.45, 7) is 5.05. The summed E-state index contributed by atoms with van der Waals surface area (Å²) in [5, 5.41) is 0.264. The summed E-state index contributed by atoms with van der Waals surface area (Å²) in [5.41, 5.74) is 0.500. The highest BCUT2D eigenvalue weighted by Crippen LogP contribution is 2.32. The fraction of sp³-hybridized carbons (Fsp3) is 0.545. The van der Waals surface area contributed by atoms with Gasteiger partial charge in [-0.2, -0.15) is 0 Å². The van der Waals surface area contributed by atoms with E-state index in [4.69, 9.17) is 21.1 Å². The van der Waals surface area contributed by atoms with E-state index in [1.54, 1.807) is 18.2 Å². The Morgan fingerprint density at radius 1 is 0.778 bits per heavy atom. The van der Waals surface area contributed by atoms with E-state index < -0.39 is 0 Å². The summed E-state index contributed by atoms with van der Waals surface area (Å²) in [5.74, 6) is -0.658. The number of carbonyl (C=O) groups excluding carboxylic acids is 2. The number of Topliss-reactive ketones (excluding diaryl/α,β-unsaturated/α-hetero) is 2. The van der Waals surface area contributed by atoms with Crippen molar-refractivity contribution in [2.45, 2.75) is 65.2 Å². The van der Waals surface area contributed by atoms with E-state index >= 15 is 0 Å². The Morgan fingerprint density at radius 3 is 1.89 bits per heavy atom. The number of allylic oxidation sites excluding steroid dienone is 2. The minimum Gasteiger partial charge on any atom is -0.486 e. The number of fused-ring (bicyclic) bond motifs is 1. The zero-order chi connectivity index (χ0) is 19.6. The van der Waals surface area contributed by atoms with Crippen LogP contribution in [0.2, 0.25) is 5.02 Å². The van der Waals surface area contributed by atoms with Crippen molar-refractivity contribution in [3.8, 4) is 0 Å². The SMILES string of the molecule is CCCCCCOC1=C(OCCCCCC)C(=O)c2c(Cl)cccc2C1=O. The molecule has 0 atom stereocenters. The Hall–Kier alpha value is -1.81. The summed E-state index contributed by atoms with van der Waals surface area (Å²) in [6.07, 6.45) is 8.20. The molecule has 1 aromatic carbocycles. The molecule has 4 nitrogen and oxygen atoms in total. The number of benzene rings is 1. The van der Waals surface area contributed by atoms with E-state index in [2.05, 4.69) is 13.8 Å². The number of hydrogen-bond donors (Lipinski definition) is 0. The van der Waals surface area contributed by atoms with Crippen molar-refractivity contribution in [3.05, 3.63) is 45.9 Å². The highest BCUT2D eigenvalue weighted by atomic mass is 35.5. The molecule has 0 radical (unpaired) electrons. The fourth-order valence-corrected chi connectivity index (χ4v) is 3.31. The Labute approximate surface area is 166 Å². The maximum atomic E-state index is 12.9. The molecule has 0 fully saturated rings. The molecule has 0 unspecified atom stereocenters. The first kappa shape index (κ1) is 21.5. The largest absolute Gasteiger partial charge is 0.486 e. The number of ketones is 2. The molecule has 27 heavy (non-hydrogen) atoms. The number of hydrogen-bond acceptors (Lipinski definition) is 4. The van der Waals surface area contributed by atoms with Crippen LogP contribution in [-0.4, -0.2) is 24.8 Å². The maximum absolute atomic E-state index is 12.9. The summed E-state index contributed by atoms with van der Waals surface area (Å²) in [4.78, 5) is 25.9. The first-order valence-corrected chi connectivity index (χ1v) is 10.4.